The van der Waals surface area contributed by atoms with Crippen LogP contribution in [0.25, 0.3) is 0 Å². The summed E-state index contributed by atoms with van der Waals surface area (Å²) in [6, 6.07) is 10.1. The lowest BCUT2D eigenvalue weighted by Gasteiger charge is -2.37. The number of nitrogens with zero attached hydrogens (tertiary/aromatic N) is 1. The molecule has 1 heterocycles. The molecule has 9 nitrogen and oxygen atoms in total. The summed E-state index contributed by atoms with van der Waals surface area (Å²) < 4.78 is 61.9. The van der Waals surface area contributed by atoms with Gasteiger partial charge < -0.3 is 4.74 Å². The SMILES string of the molecule is CC(=O)OCC(=O)NNC(=O)Cc1cc(F)c(CN2[C@@H](C)CC[C@H](c3ccccc3)S2(=O)=O)cc1F. The number of hydrazine groups is 1. The van der Waals surface area contributed by atoms with Crippen molar-refractivity contribution in [3.63, 3.8) is 0 Å². The Morgan fingerprint density at radius 2 is 1.61 bits per heavy atom. The maximum atomic E-state index is 14.9. The highest BCUT2D eigenvalue weighted by atomic mass is 32.2. The Balaban J connectivity index is 1.70. The van der Waals surface area contributed by atoms with Crippen molar-refractivity contribution in [2.24, 2.45) is 0 Å². The number of benzene rings is 2. The minimum Gasteiger partial charge on any atom is -0.456 e. The van der Waals surface area contributed by atoms with Crippen LogP contribution in [0.2, 0.25) is 0 Å². The quantitative estimate of drug-likeness (QED) is 0.424. The van der Waals surface area contributed by atoms with Crippen molar-refractivity contribution in [1.82, 2.24) is 15.2 Å². The number of carbonyl (C=O) groups is 3. The molecular formula is C24H27F2N3O6S. The van der Waals surface area contributed by atoms with Crippen LogP contribution in [0.4, 0.5) is 8.78 Å². The van der Waals surface area contributed by atoms with E-state index in [9.17, 15) is 31.6 Å². The van der Waals surface area contributed by atoms with Crippen molar-refractivity contribution in [2.45, 2.75) is 50.9 Å². The number of hydrogen-bond donors (Lipinski definition) is 2. The second-order valence-corrected chi connectivity index (χ2v) is 10.6. The third-order valence-corrected chi connectivity index (χ3v) is 8.21. The number of carbonyl (C=O) groups excluding carboxylic acids is 3. The number of nitrogens with one attached hydrogen (secondary N) is 2. The Kier molecular flexibility index (Phi) is 8.75. The molecule has 2 aromatic rings. The van der Waals surface area contributed by atoms with Crippen LogP contribution < -0.4 is 10.9 Å². The molecule has 2 atom stereocenters. The summed E-state index contributed by atoms with van der Waals surface area (Å²) in [4.78, 5) is 34.2. The molecule has 194 valence electrons. The smallest absolute Gasteiger partial charge is 0.303 e. The van der Waals surface area contributed by atoms with E-state index >= 15 is 0 Å². The second kappa shape index (κ2) is 11.6. The molecule has 12 heteroatoms. The standard InChI is InChI=1S/C24H27F2N3O6S/c1-15-8-9-22(17-6-4-3-5-7-17)36(33,34)29(15)13-19-11-20(25)18(10-21(19)26)12-23(31)27-28-24(32)14-35-16(2)30/h3-7,10-11,15,22H,8-9,12-14H2,1-2H3,(H,27,31)(H,28,32)/t15-,22+/m0/s1. The van der Waals surface area contributed by atoms with Gasteiger partial charge in [-0.15, -0.1) is 0 Å². The van der Waals surface area contributed by atoms with Crippen LogP contribution in [0.15, 0.2) is 42.5 Å². The molecule has 2 aromatic carbocycles. The monoisotopic (exact) mass is 523 g/mol. The Labute approximate surface area is 207 Å². The minimum atomic E-state index is -3.84. The highest BCUT2D eigenvalue weighted by Gasteiger charge is 2.40. The molecule has 1 fully saturated rings. The highest BCUT2D eigenvalue weighted by molar-refractivity contribution is 7.89. The molecular weight excluding hydrogens is 496 g/mol. The third kappa shape index (κ3) is 6.64. The van der Waals surface area contributed by atoms with Crippen molar-refractivity contribution < 1.29 is 36.3 Å². The van der Waals surface area contributed by atoms with Crippen molar-refractivity contribution in [1.29, 1.82) is 0 Å². The van der Waals surface area contributed by atoms with E-state index in [1.807, 2.05) is 10.9 Å². The van der Waals surface area contributed by atoms with Gasteiger partial charge in [-0.05, 0) is 37.5 Å². The van der Waals surface area contributed by atoms with Crippen LogP contribution in [-0.2, 0) is 42.1 Å². The van der Waals surface area contributed by atoms with E-state index in [1.54, 1.807) is 37.3 Å². The molecule has 2 amide bonds. The molecule has 0 aliphatic carbocycles. The number of ether oxygens (including phenoxy) is 1. The van der Waals surface area contributed by atoms with Gasteiger partial charge in [0, 0.05) is 30.6 Å². The van der Waals surface area contributed by atoms with Gasteiger partial charge in [0.05, 0.1) is 6.42 Å². The average molecular weight is 524 g/mol. The highest BCUT2D eigenvalue weighted by Crippen LogP contribution is 2.38. The number of esters is 1. The van der Waals surface area contributed by atoms with Gasteiger partial charge in [0.1, 0.15) is 16.9 Å². The topological polar surface area (TPSA) is 122 Å². The fourth-order valence-corrected chi connectivity index (χ4v) is 6.15. The maximum absolute atomic E-state index is 14.9. The largest absolute Gasteiger partial charge is 0.456 e. The molecule has 0 bridgehead atoms. The number of rotatable bonds is 7. The fourth-order valence-electron chi connectivity index (χ4n) is 3.97. The van der Waals surface area contributed by atoms with E-state index in [-0.39, 0.29) is 17.7 Å². The third-order valence-electron chi connectivity index (χ3n) is 5.84. The zero-order chi connectivity index (χ0) is 26.5. The molecule has 0 unspecified atom stereocenters. The summed E-state index contributed by atoms with van der Waals surface area (Å²) in [7, 11) is -3.84. The Hall–Kier alpha value is -3.38. The van der Waals surface area contributed by atoms with Gasteiger partial charge in [-0.3, -0.25) is 25.2 Å². The molecule has 1 aliphatic heterocycles. The van der Waals surface area contributed by atoms with Crippen molar-refractivity contribution in [2.75, 3.05) is 6.61 Å². The molecule has 36 heavy (non-hydrogen) atoms. The zero-order valence-electron chi connectivity index (χ0n) is 19.8. The molecule has 0 spiro atoms. The molecule has 2 N–H and O–H groups in total. The minimum absolute atomic E-state index is 0.157. The summed E-state index contributed by atoms with van der Waals surface area (Å²) in [6.45, 7) is 1.86. The number of halogens is 2. The normalized spacial score (nSPS) is 19.3. The first-order chi connectivity index (χ1) is 17.0. The van der Waals surface area contributed by atoms with E-state index < -0.39 is 63.8 Å². The van der Waals surface area contributed by atoms with E-state index in [2.05, 4.69) is 4.74 Å². The van der Waals surface area contributed by atoms with Crippen LogP contribution in [-0.4, -0.2) is 43.2 Å². The van der Waals surface area contributed by atoms with Crippen LogP contribution in [0, 0.1) is 11.6 Å². The predicted molar refractivity (Wildman–Crippen MR) is 125 cm³/mol. The van der Waals surface area contributed by atoms with Gasteiger partial charge in [-0.25, -0.2) is 17.2 Å². The van der Waals surface area contributed by atoms with Crippen LogP contribution in [0.1, 0.15) is 48.6 Å². The van der Waals surface area contributed by atoms with E-state index in [0.29, 0.717) is 18.4 Å². The Morgan fingerprint density at radius 1 is 1.00 bits per heavy atom. The van der Waals surface area contributed by atoms with Gasteiger partial charge in [0.2, 0.25) is 15.9 Å². The summed E-state index contributed by atoms with van der Waals surface area (Å²) in [5.74, 6) is -4.09. The van der Waals surface area contributed by atoms with Crippen LogP contribution in [0.3, 0.4) is 0 Å². The summed E-state index contributed by atoms with van der Waals surface area (Å²) in [5, 5.41) is -0.776. The number of amides is 2. The molecule has 3 rings (SSSR count). The van der Waals surface area contributed by atoms with Gasteiger partial charge >= 0.3 is 5.97 Å². The Morgan fingerprint density at radius 3 is 2.28 bits per heavy atom. The van der Waals surface area contributed by atoms with E-state index in [0.717, 1.165) is 19.1 Å². The molecule has 0 aromatic heterocycles. The average Bonchev–Trinajstić information content (AvgIpc) is 2.82. The van der Waals surface area contributed by atoms with Crippen molar-refractivity contribution in [3.05, 3.63) is 70.8 Å². The van der Waals surface area contributed by atoms with Crippen molar-refractivity contribution in [3.8, 4) is 0 Å². The predicted octanol–water partition coefficient (Wildman–Crippen LogP) is 2.27. The van der Waals surface area contributed by atoms with Crippen LogP contribution >= 0.6 is 0 Å². The summed E-state index contributed by atoms with van der Waals surface area (Å²) >= 11 is 0. The molecule has 0 radical (unpaired) electrons. The number of hydrogen-bond acceptors (Lipinski definition) is 6. The maximum Gasteiger partial charge on any atom is 0.303 e. The molecule has 0 saturated carbocycles. The molecule has 1 saturated heterocycles. The Bertz CT molecular complexity index is 1240. The molecule has 1 aliphatic rings. The number of sulfonamides is 1. The lowest BCUT2D eigenvalue weighted by molar-refractivity contribution is -0.146. The van der Waals surface area contributed by atoms with E-state index in [1.165, 1.54) is 4.31 Å². The van der Waals surface area contributed by atoms with Crippen molar-refractivity contribution >= 4 is 27.8 Å². The van der Waals surface area contributed by atoms with Gasteiger partial charge in [0.25, 0.3) is 5.91 Å². The lowest BCUT2D eigenvalue weighted by Crippen LogP contribution is -2.45. The van der Waals surface area contributed by atoms with Crippen LogP contribution in [0.5, 0.6) is 0 Å². The summed E-state index contributed by atoms with van der Waals surface area (Å²) in [5.41, 5.74) is 4.20. The first kappa shape index (κ1) is 27.2. The van der Waals surface area contributed by atoms with Gasteiger partial charge in [0.15, 0.2) is 6.61 Å². The second-order valence-electron chi connectivity index (χ2n) is 8.50. The summed E-state index contributed by atoms with van der Waals surface area (Å²) in [6.07, 6.45) is 0.391. The van der Waals surface area contributed by atoms with Gasteiger partial charge in [-0.2, -0.15) is 4.31 Å². The lowest BCUT2D eigenvalue weighted by atomic mass is 10.0. The zero-order valence-corrected chi connectivity index (χ0v) is 20.6. The fraction of sp³-hybridized carbons (Fsp3) is 0.375. The first-order valence-corrected chi connectivity index (χ1v) is 12.7. The van der Waals surface area contributed by atoms with Gasteiger partial charge in [-0.1, -0.05) is 30.3 Å². The first-order valence-electron chi connectivity index (χ1n) is 11.2. The van der Waals surface area contributed by atoms with E-state index in [4.69, 9.17) is 0 Å².